The minimum absolute atomic E-state index is 0.179. The number of hydrogen-bond acceptors (Lipinski definition) is 5. The molecule has 2 heterocycles. The zero-order valence-electron chi connectivity index (χ0n) is 11.5. The lowest BCUT2D eigenvalue weighted by Crippen LogP contribution is -2.25. The number of aromatic nitrogens is 1. The zero-order chi connectivity index (χ0) is 14.5. The molecule has 2 aromatic heterocycles. The molecule has 0 bridgehead atoms. The van der Waals surface area contributed by atoms with Crippen LogP contribution in [0.5, 0.6) is 0 Å². The van der Waals surface area contributed by atoms with Gasteiger partial charge in [-0.3, -0.25) is 4.79 Å². The number of carbonyl (C=O) groups excluding carboxylic acids is 1. The summed E-state index contributed by atoms with van der Waals surface area (Å²) in [6.45, 7) is 4.15. The van der Waals surface area contributed by atoms with E-state index in [1.165, 1.54) is 11.3 Å². The van der Waals surface area contributed by atoms with Crippen molar-refractivity contribution in [1.29, 1.82) is 0 Å². The zero-order valence-corrected chi connectivity index (χ0v) is 12.4. The van der Waals surface area contributed by atoms with Crippen LogP contribution in [0.3, 0.4) is 0 Å². The standard InChI is InChI=1S/C14H18N2O3S/c1-9(17)5-3-7-15-13(18)12-10(2)20-14(16-12)11-6-4-8-19-11/h4,6,8-9,17H,3,5,7H2,1-2H3,(H,15,18). The Morgan fingerprint density at radius 1 is 1.60 bits per heavy atom. The highest BCUT2D eigenvalue weighted by molar-refractivity contribution is 7.15. The van der Waals surface area contributed by atoms with Crippen LogP contribution in [0.25, 0.3) is 10.8 Å². The molecule has 2 N–H and O–H groups in total. The number of aliphatic hydroxyl groups is 1. The van der Waals surface area contributed by atoms with Gasteiger partial charge in [0, 0.05) is 11.4 Å². The van der Waals surface area contributed by atoms with Gasteiger partial charge in [0.1, 0.15) is 5.69 Å². The van der Waals surface area contributed by atoms with Crippen molar-refractivity contribution < 1.29 is 14.3 Å². The molecular weight excluding hydrogens is 276 g/mol. The lowest BCUT2D eigenvalue weighted by Gasteiger charge is -2.05. The van der Waals surface area contributed by atoms with Gasteiger partial charge in [-0.1, -0.05) is 0 Å². The molecular formula is C14H18N2O3S. The van der Waals surface area contributed by atoms with E-state index in [0.717, 1.165) is 11.3 Å². The Morgan fingerprint density at radius 2 is 2.40 bits per heavy atom. The van der Waals surface area contributed by atoms with Gasteiger partial charge in [0.25, 0.3) is 5.91 Å². The van der Waals surface area contributed by atoms with Gasteiger partial charge >= 0.3 is 0 Å². The van der Waals surface area contributed by atoms with Gasteiger partial charge in [-0.05, 0) is 38.8 Å². The number of nitrogens with one attached hydrogen (secondary N) is 1. The van der Waals surface area contributed by atoms with E-state index in [9.17, 15) is 4.79 Å². The van der Waals surface area contributed by atoms with Gasteiger partial charge in [-0.25, -0.2) is 4.98 Å². The van der Waals surface area contributed by atoms with Crippen molar-refractivity contribution in [3.63, 3.8) is 0 Å². The highest BCUT2D eigenvalue weighted by atomic mass is 32.1. The number of aryl methyl sites for hydroxylation is 1. The molecule has 1 atom stereocenters. The fourth-order valence-corrected chi connectivity index (χ4v) is 2.67. The SMILES string of the molecule is Cc1sc(-c2ccco2)nc1C(=O)NCCCC(C)O. The predicted octanol–water partition coefficient (Wildman–Crippen LogP) is 2.60. The predicted molar refractivity (Wildman–Crippen MR) is 77.8 cm³/mol. The number of carbonyl (C=O) groups is 1. The summed E-state index contributed by atoms with van der Waals surface area (Å²) in [4.78, 5) is 17.2. The van der Waals surface area contributed by atoms with Crippen molar-refractivity contribution in [2.45, 2.75) is 32.8 Å². The van der Waals surface area contributed by atoms with Crippen molar-refractivity contribution >= 4 is 17.2 Å². The second kappa shape index (κ2) is 6.67. The van der Waals surface area contributed by atoms with Gasteiger partial charge in [-0.15, -0.1) is 11.3 Å². The molecule has 0 aliphatic carbocycles. The molecule has 0 aliphatic rings. The first-order valence-electron chi connectivity index (χ1n) is 6.55. The van der Waals surface area contributed by atoms with E-state index in [1.807, 2.05) is 13.0 Å². The van der Waals surface area contributed by atoms with E-state index in [2.05, 4.69) is 10.3 Å². The number of amides is 1. The summed E-state index contributed by atoms with van der Waals surface area (Å²) >= 11 is 1.44. The van der Waals surface area contributed by atoms with Gasteiger partial charge in [-0.2, -0.15) is 0 Å². The van der Waals surface area contributed by atoms with Crippen molar-refractivity contribution in [2.24, 2.45) is 0 Å². The van der Waals surface area contributed by atoms with E-state index < -0.39 is 0 Å². The molecule has 0 aromatic carbocycles. The van der Waals surface area contributed by atoms with Crippen LogP contribution in [-0.4, -0.2) is 28.6 Å². The summed E-state index contributed by atoms with van der Waals surface area (Å²) in [6.07, 6.45) is 2.67. The van der Waals surface area contributed by atoms with Crippen LogP contribution in [0, 0.1) is 6.92 Å². The van der Waals surface area contributed by atoms with Gasteiger partial charge in [0.15, 0.2) is 10.8 Å². The number of thiazole rings is 1. The Balaban J connectivity index is 1.96. The number of rotatable bonds is 6. The molecule has 5 nitrogen and oxygen atoms in total. The molecule has 108 valence electrons. The van der Waals surface area contributed by atoms with Crippen molar-refractivity contribution in [3.05, 3.63) is 29.0 Å². The molecule has 0 fully saturated rings. The molecule has 0 aliphatic heterocycles. The average Bonchev–Trinajstić information content (AvgIpc) is 3.02. The average molecular weight is 294 g/mol. The van der Waals surface area contributed by atoms with Crippen molar-refractivity contribution in [1.82, 2.24) is 10.3 Å². The van der Waals surface area contributed by atoms with E-state index >= 15 is 0 Å². The van der Waals surface area contributed by atoms with Crippen LogP contribution in [0.1, 0.15) is 35.1 Å². The lowest BCUT2D eigenvalue weighted by atomic mass is 10.2. The fraction of sp³-hybridized carbons (Fsp3) is 0.429. The summed E-state index contributed by atoms with van der Waals surface area (Å²) in [6, 6.07) is 3.62. The fourth-order valence-electron chi connectivity index (χ4n) is 1.80. The maximum atomic E-state index is 12.0. The first-order valence-corrected chi connectivity index (χ1v) is 7.37. The van der Waals surface area contributed by atoms with Gasteiger partial charge < -0.3 is 14.8 Å². The summed E-state index contributed by atoms with van der Waals surface area (Å²) in [5.74, 6) is 0.494. The largest absolute Gasteiger partial charge is 0.462 e. The third-order valence-electron chi connectivity index (χ3n) is 2.83. The Morgan fingerprint density at radius 3 is 3.05 bits per heavy atom. The normalized spacial score (nSPS) is 12.3. The Hall–Kier alpha value is -1.66. The quantitative estimate of drug-likeness (QED) is 0.803. The molecule has 1 amide bonds. The van der Waals surface area contributed by atoms with E-state index in [4.69, 9.17) is 9.52 Å². The Bertz CT molecular complexity index is 561. The smallest absolute Gasteiger partial charge is 0.271 e. The van der Waals surface area contributed by atoms with Crippen LogP contribution in [-0.2, 0) is 0 Å². The number of hydrogen-bond donors (Lipinski definition) is 2. The van der Waals surface area contributed by atoms with E-state index in [-0.39, 0.29) is 12.0 Å². The van der Waals surface area contributed by atoms with Gasteiger partial charge in [0.05, 0.1) is 12.4 Å². The maximum Gasteiger partial charge on any atom is 0.271 e. The van der Waals surface area contributed by atoms with Crippen molar-refractivity contribution in [2.75, 3.05) is 6.54 Å². The first kappa shape index (κ1) is 14.7. The maximum absolute atomic E-state index is 12.0. The van der Waals surface area contributed by atoms with Crippen LogP contribution >= 0.6 is 11.3 Å². The summed E-state index contributed by atoms with van der Waals surface area (Å²) < 4.78 is 5.28. The molecule has 0 saturated heterocycles. The van der Waals surface area contributed by atoms with Gasteiger partial charge in [0.2, 0.25) is 0 Å². The highest BCUT2D eigenvalue weighted by Crippen LogP contribution is 2.27. The summed E-state index contributed by atoms with van der Waals surface area (Å²) in [5.41, 5.74) is 0.443. The van der Waals surface area contributed by atoms with Crippen LogP contribution in [0.2, 0.25) is 0 Å². The highest BCUT2D eigenvalue weighted by Gasteiger charge is 2.17. The molecule has 0 saturated carbocycles. The molecule has 0 spiro atoms. The number of nitrogens with zero attached hydrogens (tertiary/aromatic N) is 1. The number of furan rings is 1. The summed E-state index contributed by atoms with van der Waals surface area (Å²) in [7, 11) is 0. The minimum atomic E-state index is -0.335. The monoisotopic (exact) mass is 294 g/mol. The third-order valence-corrected chi connectivity index (χ3v) is 3.81. The Kier molecular flexibility index (Phi) is 4.92. The molecule has 0 radical (unpaired) electrons. The minimum Gasteiger partial charge on any atom is -0.462 e. The second-order valence-corrected chi connectivity index (χ2v) is 5.85. The lowest BCUT2D eigenvalue weighted by molar-refractivity contribution is 0.0945. The van der Waals surface area contributed by atoms with Crippen LogP contribution < -0.4 is 5.32 Å². The van der Waals surface area contributed by atoms with Crippen LogP contribution in [0.4, 0.5) is 0 Å². The molecule has 1 unspecified atom stereocenters. The third kappa shape index (κ3) is 3.68. The molecule has 20 heavy (non-hydrogen) atoms. The molecule has 2 aromatic rings. The number of aliphatic hydroxyl groups excluding tert-OH is 1. The topological polar surface area (TPSA) is 75.4 Å². The van der Waals surface area contributed by atoms with E-state index in [0.29, 0.717) is 29.4 Å². The van der Waals surface area contributed by atoms with E-state index in [1.54, 1.807) is 19.3 Å². The molecule has 6 heteroatoms. The van der Waals surface area contributed by atoms with Crippen LogP contribution in [0.15, 0.2) is 22.8 Å². The first-order chi connectivity index (χ1) is 9.58. The Labute approximate surface area is 121 Å². The molecule has 2 rings (SSSR count). The second-order valence-electron chi connectivity index (χ2n) is 4.65. The van der Waals surface area contributed by atoms with Crippen molar-refractivity contribution in [3.8, 4) is 10.8 Å². The summed E-state index contributed by atoms with van der Waals surface area (Å²) in [5, 5.41) is 12.7.